The largest absolute Gasteiger partial charge is 0.474 e. The van der Waals surface area contributed by atoms with Gasteiger partial charge in [0.1, 0.15) is 6.10 Å². The van der Waals surface area contributed by atoms with Gasteiger partial charge >= 0.3 is 6.03 Å². The predicted octanol–water partition coefficient (Wildman–Crippen LogP) is 2.24. The molecular formula is C16H25N3O3. The standard InChI is InChI=1S/C16H25N3O3/c1-21-10-9-17-16(20)19-12-13-7-8-15(18-11-13)22-14-5-3-2-4-6-14/h7-8,11,14H,2-6,9-10,12H2,1H3,(H2,17,19,20). The van der Waals surface area contributed by atoms with E-state index in [2.05, 4.69) is 15.6 Å². The van der Waals surface area contributed by atoms with Gasteiger partial charge in [0.05, 0.1) is 6.61 Å². The maximum absolute atomic E-state index is 11.5. The number of urea groups is 1. The average molecular weight is 307 g/mol. The monoisotopic (exact) mass is 307 g/mol. The van der Waals surface area contributed by atoms with Crippen LogP contribution in [0.5, 0.6) is 5.88 Å². The van der Waals surface area contributed by atoms with Crippen LogP contribution in [-0.2, 0) is 11.3 Å². The van der Waals surface area contributed by atoms with Crippen molar-refractivity contribution in [3.05, 3.63) is 23.9 Å². The summed E-state index contributed by atoms with van der Waals surface area (Å²) < 4.78 is 10.7. The Bertz CT molecular complexity index is 444. The molecule has 1 fully saturated rings. The molecule has 0 aliphatic heterocycles. The second-order valence-electron chi connectivity index (χ2n) is 5.48. The van der Waals surface area contributed by atoms with Crippen molar-refractivity contribution >= 4 is 6.03 Å². The van der Waals surface area contributed by atoms with E-state index in [0.717, 1.165) is 18.4 Å². The number of ether oxygens (including phenoxy) is 2. The number of amides is 2. The molecule has 1 saturated carbocycles. The number of nitrogens with zero attached hydrogens (tertiary/aromatic N) is 1. The molecule has 1 heterocycles. The van der Waals surface area contributed by atoms with Crippen LogP contribution in [0.3, 0.4) is 0 Å². The zero-order valence-electron chi connectivity index (χ0n) is 13.1. The molecule has 0 bridgehead atoms. The minimum Gasteiger partial charge on any atom is -0.474 e. The Hall–Kier alpha value is -1.82. The number of pyridine rings is 1. The molecule has 2 amide bonds. The van der Waals surface area contributed by atoms with Crippen LogP contribution in [0, 0.1) is 0 Å². The molecule has 0 saturated heterocycles. The first-order valence-corrected chi connectivity index (χ1v) is 7.90. The molecule has 0 radical (unpaired) electrons. The summed E-state index contributed by atoms with van der Waals surface area (Å²) in [5, 5.41) is 5.47. The highest BCUT2D eigenvalue weighted by Gasteiger charge is 2.15. The maximum atomic E-state index is 11.5. The lowest BCUT2D eigenvalue weighted by molar-refractivity contribution is 0.148. The lowest BCUT2D eigenvalue weighted by Gasteiger charge is -2.22. The Morgan fingerprint density at radius 2 is 2.09 bits per heavy atom. The number of hydrogen-bond acceptors (Lipinski definition) is 4. The van der Waals surface area contributed by atoms with E-state index in [4.69, 9.17) is 9.47 Å². The van der Waals surface area contributed by atoms with E-state index in [1.807, 2.05) is 12.1 Å². The van der Waals surface area contributed by atoms with Crippen molar-refractivity contribution in [2.75, 3.05) is 20.3 Å². The van der Waals surface area contributed by atoms with Crippen molar-refractivity contribution in [3.63, 3.8) is 0 Å². The van der Waals surface area contributed by atoms with Crippen LogP contribution in [0.15, 0.2) is 18.3 Å². The van der Waals surface area contributed by atoms with Crippen LogP contribution in [0.2, 0.25) is 0 Å². The van der Waals surface area contributed by atoms with Crippen molar-refractivity contribution in [1.82, 2.24) is 15.6 Å². The molecule has 1 aromatic rings. The summed E-state index contributed by atoms with van der Waals surface area (Å²) in [5.74, 6) is 0.667. The van der Waals surface area contributed by atoms with E-state index in [1.54, 1.807) is 13.3 Å². The zero-order chi connectivity index (χ0) is 15.6. The first kappa shape index (κ1) is 16.5. The molecule has 1 aliphatic rings. The van der Waals surface area contributed by atoms with Crippen LogP contribution in [0.25, 0.3) is 0 Å². The maximum Gasteiger partial charge on any atom is 0.315 e. The van der Waals surface area contributed by atoms with Gasteiger partial charge in [-0.3, -0.25) is 0 Å². The number of carbonyl (C=O) groups excluding carboxylic acids is 1. The van der Waals surface area contributed by atoms with Gasteiger partial charge in [-0.15, -0.1) is 0 Å². The van der Waals surface area contributed by atoms with E-state index in [-0.39, 0.29) is 6.03 Å². The van der Waals surface area contributed by atoms with E-state index in [0.29, 0.717) is 31.7 Å². The van der Waals surface area contributed by atoms with E-state index < -0.39 is 0 Å². The van der Waals surface area contributed by atoms with Crippen molar-refractivity contribution in [3.8, 4) is 5.88 Å². The summed E-state index contributed by atoms with van der Waals surface area (Å²) in [7, 11) is 1.60. The smallest absolute Gasteiger partial charge is 0.315 e. The quantitative estimate of drug-likeness (QED) is 0.758. The molecule has 22 heavy (non-hydrogen) atoms. The van der Waals surface area contributed by atoms with Gasteiger partial charge in [0.25, 0.3) is 0 Å². The van der Waals surface area contributed by atoms with Gasteiger partial charge in [0, 0.05) is 32.5 Å². The van der Waals surface area contributed by atoms with Crippen molar-refractivity contribution in [2.45, 2.75) is 44.8 Å². The van der Waals surface area contributed by atoms with E-state index in [1.165, 1.54) is 19.3 Å². The van der Waals surface area contributed by atoms with Gasteiger partial charge in [0.2, 0.25) is 5.88 Å². The highest BCUT2D eigenvalue weighted by Crippen LogP contribution is 2.22. The van der Waals surface area contributed by atoms with Gasteiger partial charge < -0.3 is 20.1 Å². The molecule has 1 aromatic heterocycles. The topological polar surface area (TPSA) is 72.5 Å². The minimum absolute atomic E-state index is 0.209. The molecule has 0 aromatic carbocycles. The average Bonchev–Trinajstić information content (AvgIpc) is 2.55. The third-order valence-corrected chi connectivity index (χ3v) is 3.68. The Labute approximate surface area is 131 Å². The minimum atomic E-state index is -0.209. The molecule has 1 aliphatic carbocycles. The lowest BCUT2D eigenvalue weighted by Crippen LogP contribution is -2.36. The Kier molecular flexibility index (Phi) is 6.96. The summed E-state index contributed by atoms with van der Waals surface area (Å²) >= 11 is 0. The molecule has 6 heteroatoms. The summed E-state index contributed by atoms with van der Waals surface area (Å²) in [6, 6.07) is 3.59. The number of rotatable bonds is 7. The Morgan fingerprint density at radius 3 is 2.77 bits per heavy atom. The summed E-state index contributed by atoms with van der Waals surface area (Å²) in [4.78, 5) is 15.8. The summed E-state index contributed by atoms with van der Waals surface area (Å²) in [6.45, 7) is 1.44. The molecule has 0 spiro atoms. The van der Waals surface area contributed by atoms with Crippen LogP contribution in [-0.4, -0.2) is 37.4 Å². The van der Waals surface area contributed by atoms with Crippen LogP contribution >= 0.6 is 0 Å². The first-order valence-electron chi connectivity index (χ1n) is 7.90. The highest BCUT2D eigenvalue weighted by molar-refractivity contribution is 5.73. The molecule has 0 atom stereocenters. The van der Waals surface area contributed by atoms with Crippen molar-refractivity contribution in [2.24, 2.45) is 0 Å². The first-order chi connectivity index (χ1) is 10.8. The Balaban J connectivity index is 1.70. The second-order valence-corrected chi connectivity index (χ2v) is 5.48. The number of nitrogens with one attached hydrogen (secondary N) is 2. The second kappa shape index (κ2) is 9.25. The number of carbonyl (C=O) groups is 1. The van der Waals surface area contributed by atoms with Gasteiger partial charge in [-0.05, 0) is 31.2 Å². The zero-order valence-corrected chi connectivity index (χ0v) is 13.1. The fourth-order valence-electron chi connectivity index (χ4n) is 2.45. The fraction of sp³-hybridized carbons (Fsp3) is 0.625. The van der Waals surface area contributed by atoms with Crippen LogP contribution in [0.4, 0.5) is 4.79 Å². The SMILES string of the molecule is COCCNC(=O)NCc1ccc(OC2CCCCC2)nc1. The Morgan fingerprint density at radius 1 is 1.27 bits per heavy atom. The number of methoxy groups -OCH3 is 1. The third-order valence-electron chi connectivity index (χ3n) is 3.68. The molecule has 2 N–H and O–H groups in total. The highest BCUT2D eigenvalue weighted by atomic mass is 16.5. The van der Waals surface area contributed by atoms with Gasteiger partial charge in [-0.2, -0.15) is 0 Å². The van der Waals surface area contributed by atoms with Crippen molar-refractivity contribution in [1.29, 1.82) is 0 Å². The number of hydrogen-bond donors (Lipinski definition) is 2. The van der Waals surface area contributed by atoms with E-state index >= 15 is 0 Å². The van der Waals surface area contributed by atoms with Gasteiger partial charge in [-0.25, -0.2) is 9.78 Å². The molecule has 6 nitrogen and oxygen atoms in total. The predicted molar refractivity (Wildman–Crippen MR) is 83.9 cm³/mol. The molecule has 2 rings (SSSR count). The summed E-state index contributed by atoms with van der Waals surface area (Å²) in [5.41, 5.74) is 0.942. The van der Waals surface area contributed by atoms with Gasteiger partial charge in [0.15, 0.2) is 0 Å². The summed E-state index contributed by atoms with van der Waals surface area (Å²) in [6.07, 6.45) is 8.07. The molecule has 122 valence electrons. The van der Waals surface area contributed by atoms with Crippen molar-refractivity contribution < 1.29 is 14.3 Å². The molecular weight excluding hydrogens is 282 g/mol. The normalized spacial score (nSPS) is 15.3. The molecule has 0 unspecified atom stereocenters. The lowest BCUT2D eigenvalue weighted by atomic mass is 9.98. The fourth-order valence-corrected chi connectivity index (χ4v) is 2.45. The van der Waals surface area contributed by atoms with E-state index in [9.17, 15) is 4.79 Å². The van der Waals surface area contributed by atoms with Crippen LogP contribution in [0.1, 0.15) is 37.7 Å². The number of aromatic nitrogens is 1. The van der Waals surface area contributed by atoms with Gasteiger partial charge in [-0.1, -0.05) is 12.5 Å². The third kappa shape index (κ3) is 5.89. The van der Waals surface area contributed by atoms with Crippen LogP contribution < -0.4 is 15.4 Å².